The third-order valence-electron chi connectivity index (χ3n) is 3.93. The standard InChI is InChI=1S/C18H25Cl2NO4/c1-12(22)5-3-7-24-18(25-8-4-6-13(2)23)11-21-17-15(18)9-14(19)10-16(17)20/h9-13,22-23H,3-8H2,1-2H3. The van der Waals surface area contributed by atoms with Gasteiger partial charge in [0.25, 0.3) is 0 Å². The minimum atomic E-state index is -1.14. The Labute approximate surface area is 158 Å². The van der Waals surface area contributed by atoms with Crippen LogP contribution in [0, 0.1) is 0 Å². The average Bonchev–Trinajstić information content (AvgIpc) is 2.87. The van der Waals surface area contributed by atoms with Crippen molar-refractivity contribution in [1.82, 2.24) is 0 Å². The molecule has 1 aromatic carbocycles. The second kappa shape index (κ2) is 9.31. The van der Waals surface area contributed by atoms with Crippen LogP contribution >= 0.6 is 23.2 Å². The Bertz CT molecular complexity index is 589. The fourth-order valence-corrected chi connectivity index (χ4v) is 3.20. The molecule has 0 amide bonds. The van der Waals surface area contributed by atoms with E-state index in [1.165, 1.54) is 0 Å². The van der Waals surface area contributed by atoms with E-state index in [9.17, 15) is 10.2 Å². The van der Waals surface area contributed by atoms with Crippen molar-refractivity contribution in [2.75, 3.05) is 13.2 Å². The molecule has 25 heavy (non-hydrogen) atoms. The van der Waals surface area contributed by atoms with Crippen LogP contribution in [0.4, 0.5) is 5.69 Å². The molecular formula is C18H25Cl2NO4. The van der Waals surface area contributed by atoms with Gasteiger partial charge in [0.2, 0.25) is 5.79 Å². The van der Waals surface area contributed by atoms with Gasteiger partial charge in [0.05, 0.1) is 42.3 Å². The number of aliphatic hydroxyl groups excluding tert-OH is 2. The van der Waals surface area contributed by atoms with Gasteiger partial charge in [-0.2, -0.15) is 0 Å². The highest BCUT2D eigenvalue weighted by molar-refractivity contribution is 6.36. The molecule has 0 saturated carbocycles. The number of benzene rings is 1. The molecule has 0 bridgehead atoms. The number of rotatable bonds is 10. The number of fused-ring (bicyclic) bond motifs is 1. The summed E-state index contributed by atoms with van der Waals surface area (Å²) in [7, 11) is 0. The Kier molecular flexibility index (Phi) is 7.68. The molecule has 2 atom stereocenters. The highest BCUT2D eigenvalue weighted by atomic mass is 35.5. The van der Waals surface area contributed by atoms with E-state index in [0.717, 1.165) is 0 Å². The maximum atomic E-state index is 9.39. The lowest BCUT2D eigenvalue weighted by Gasteiger charge is -2.29. The minimum absolute atomic E-state index is 0.375. The molecular weight excluding hydrogens is 365 g/mol. The van der Waals surface area contributed by atoms with Gasteiger partial charge in [-0.05, 0) is 51.7 Å². The van der Waals surface area contributed by atoms with Crippen LogP contribution in [0.2, 0.25) is 10.0 Å². The van der Waals surface area contributed by atoms with Crippen molar-refractivity contribution in [3.63, 3.8) is 0 Å². The van der Waals surface area contributed by atoms with Crippen molar-refractivity contribution in [3.05, 3.63) is 27.7 Å². The van der Waals surface area contributed by atoms with Gasteiger partial charge in [0.1, 0.15) is 0 Å². The topological polar surface area (TPSA) is 71.3 Å². The molecule has 0 spiro atoms. The van der Waals surface area contributed by atoms with Crippen LogP contribution in [0.15, 0.2) is 17.1 Å². The zero-order chi connectivity index (χ0) is 18.4. The maximum Gasteiger partial charge on any atom is 0.235 e. The average molecular weight is 390 g/mol. The molecule has 0 aromatic heterocycles. The summed E-state index contributed by atoms with van der Waals surface area (Å²) >= 11 is 12.4. The zero-order valence-electron chi connectivity index (χ0n) is 14.5. The van der Waals surface area contributed by atoms with Crippen molar-refractivity contribution in [2.45, 2.75) is 57.5 Å². The molecule has 1 heterocycles. The van der Waals surface area contributed by atoms with E-state index in [1.807, 2.05) is 0 Å². The molecule has 7 heteroatoms. The molecule has 0 aliphatic carbocycles. The summed E-state index contributed by atoms with van der Waals surface area (Å²) in [6.07, 6.45) is 3.50. The van der Waals surface area contributed by atoms with Crippen LogP contribution in [0.3, 0.4) is 0 Å². The molecule has 0 saturated heterocycles. The smallest absolute Gasteiger partial charge is 0.235 e. The molecule has 5 nitrogen and oxygen atoms in total. The molecule has 2 unspecified atom stereocenters. The number of nitrogens with zero attached hydrogens (tertiary/aromatic N) is 1. The van der Waals surface area contributed by atoms with Crippen molar-refractivity contribution >= 4 is 35.1 Å². The quantitative estimate of drug-likeness (QED) is 0.464. The van der Waals surface area contributed by atoms with Gasteiger partial charge in [-0.3, -0.25) is 4.99 Å². The number of halogens is 2. The summed E-state index contributed by atoms with van der Waals surface area (Å²) < 4.78 is 12.0. The van der Waals surface area contributed by atoms with Crippen LogP contribution in [-0.2, 0) is 15.3 Å². The van der Waals surface area contributed by atoms with Crippen LogP contribution in [0.25, 0.3) is 0 Å². The molecule has 0 radical (unpaired) electrons. The minimum Gasteiger partial charge on any atom is -0.393 e. The Morgan fingerprint density at radius 1 is 1.04 bits per heavy atom. The fraction of sp³-hybridized carbons (Fsp3) is 0.611. The lowest BCUT2D eigenvalue weighted by atomic mass is 10.1. The number of aliphatic imine (C=N–C) groups is 1. The molecule has 1 aliphatic rings. The van der Waals surface area contributed by atoms with Gasteiger partial charge < -0.3 is 19.7 Å². The SMILES string of the molecule is CC(O)CCCOC1(OCCCC(C)O)C=Nc2c(Cl)cc(Cl)cc21. The van der Waals surface area contributed by atoms with E-state index in [-0.39, 0.29) is 12.2 Å². The van der Waals surface area contributed by atoms with E-state index in [1.54, 1.807) is 32.2 Å². The Hall–Kier alpha value is -0.690. The normalized spacial score (nSPS) is 21.4. The molecule has 1 aliphatic heterocycles. The summed E-state index contributed by atoms with van der Waals surface area (Å²) in [4.78, 5) is 4.36. The molecule has 1 aromatic rings. The predicted octanol–water partition coefficient (Wildman–Crippen LogP) is 4.22. The zero-order valence-corrected chi connectivity index (χ0v) is 16.1. The van der Waals surface area contributed by atoms with Crippen LogP contribution in [0.5, 0.6) is 0 Å². The van der Waals surface area contributed by atoms with Crippen LogP contribution in [0.1, 0.15) is 45.1 Å². The number of aliphatic hydroxyl groups is 2. The first-order valence-electron chi connectivity index (χ1n) is 8.53. The van der Waals surface area contributed by atoms with E-state index < -0.39 is 5.79 Å². The summed E-state index contributed by atoms with van der Waals surface area (Å²) in [5.41, 5.74) is 1.27. The Balaban J connectivity index is 2.13. The largest absolute Gasteiger partial charge is 0.393 e. The highest BCUT2D eigenvalue weighted by Gasteiger charge is 2.40. The van der Waals surface area contributed by atoms with Crippen molar-refractivity contribution < 1.29 is 19.7 Å². The van der Waals surface area contributed by atoms with Crippen molar-refractivity contribution in [3.8, 4) is 0 Å². The number of ether oxygens (including phenoxy) is 2. The van der Waals surface area contributed by atoms with Gasteiger partial charge in [0, 0.05) is 10.6 Å². The van der Waals surface area contributed by atoms with Crippen molar-refractivity contribution in [2.24, 2.45) is 4.99 Å². The lowest BCUT2D eigenvalue weighted by Crippen LogP contribution is -2.34. The lowest BCUT2D eigenvalue weighted by molar-refractivity contribution is -0.193. The molecule has 2 N–H and O–H groups in total. The summed E-state index contributed by atoms with van der Waals surface area (Å²) in [5.74, 6) is -1.14. The van der Waals surface area contributed by atoms with E-state index in [2.05, 4.69) is 4.99 Å². The van der Waals surface area contributed by atoms with Gasteiger partial charge in [0.15, 0.2) is 0 Å². The first kappa shape index (κ1) is 20.6. The van der Waals surface area contributed by atoms with Crippen LogP contribution in [-0.4, -0.2) is 41.8 Å². The third-order valence-corrected chi connectivity index (χ3v) is 4.44. The Morgan fingerprint density at radius 2 is 1.60 bits per heavy atom. The molecule has 2 rings (SSSR count). The van der Waals surface area contributed by atoms with Crippen LogP contribution < -0.4 is 0 Å². The fourth-order valence-electron chi connectivity index (χ4n) is 2.66. The van der Waals surface area contributed by atoms with E-state index >= 15 is 0 Å². The predicted molar refractivity (Wildman–Crippen MR) is 100 cm³/mol. The monoisotopic (exact) mass is 389 g/mol. The second-order valence-electron chi connectivity index (χ2n) is 6.39. The highest BCUT2D eigenvalue weighted by Crippen LogP contribution is 2.44. The number of hydrogen-bond donors (Lipinski definition) is 2. The maximum absolute atomic E-state index is 9.39. The first-order valence-corrected chi connectivity index (χ1v) is 9.28. The molecule has 140 valence electrons. The molecule has 0 fully saturated rings. The van der Waals surface area contributed by atoms with E-state index in [0.29, 0.717) is 60.2 Å². The van der Waals surface area contributed by atoms with Gasteiger partial charge in [-0.15, -0.1) is 0 Å². The second-order valence-corrected chi connectivity index (χ2v) is 7.23. The van der Waals surface area contributed by atoms with Crippen molar-refractivity contribution in [1.29, 1.82) is 0 Å². The summed E-state index contributed by atoms with van der Waals surface area (Å²) in [6, 6.07) is 3.38. The van der Waals surface area contributed by atoms with Gasteiger partial charge >= 0.3 is 0 Å². The third kappa shape index (κ3) is 5.64. The summed E-state index contributed by atoms with van der Waals surface area (Å²) in [6.45, 7) is 4.29. The van der Waals surface area contributed by atoms with E-state index in [4.69, 9.17) is 32.7 Å². The number of hydrogen-bond acceptors (Lipinski definition) is 5. The first-order chi connectivity index (χ1) is 11.8. The summed E-state index contributed by atoms with van der Waals surface area (Å²) in [5, 5.41) is 19.7. The Morgan fingerprint density at radius 3 is 2.12 bits per heavy atom. The van der Waals surface area contributed by atoms with Gasteiger partial charge in [-0.1, -0.05) is 23.2 Å². The van der Waals surface area contributed by atoms with Gasteiger partial charge in [-0.25, -0.2) is 0 Å².